The van der Waals surface area contributed by atoms with Crippen LogP contribution in [0.5, 0.6) is 5.75 Å². The van der Waals surface area contributed by atoms with Gasteiger partial charge in [0.2, 0.25) is 5.91 Å². The first-order chi connectivity index (χ1) is 9.65. The van der Waals surface area contributed by atoms with Crippen molar-refractivity contribution < 1.29 is 9.53 Å². The number of carbonyl (C=O) groups excluding carboxylic acids is 1. The van der Waals surface area contributed by atoms with Crippen LogP contribution in [0.1, 0.15) is 25.3 Å². The normalized spacial score (nSPS) is 16.7. The number of amides is 1. The topological polar surface area (TPSA) is 50.4 Å². The molecule has 1 amide bonds. The molecule has 1 aromatic carbocycles. The molecule has 2 rings (SSSR count). The van der Waals surface area contributed by atoms with Gasteiger partial charge >= 0.3 is 0 Å². The second kappa shape index (κ2) is 8.90. The third-order valence-corrected chi connectivity index (χ3v) is 3.60. The largest absolute Gasteiger partial charge is 0.489 e. The fourth-order valence-corrected chi connectivity index (χ4v) is 2.44. The summed E-state index contributed by atoms with van der Waals surface area (Å²) in [5.74, 6) is 1.17. The van der Waals surface area contributed by atoms with E-state index in [4.69, 9.17) is 4.74 Å². The van der Waals surface area contributed by atoms with E-state index in [0.717, 1.165) is 31.7 Å². The summed E-state index contributed by atoms with van der Waals surface area (Å²) in [7, 11) is 0. The predicted molar refractivity (Wildman–Crippen MR) is 87.1 cm³/mol. The number of rotatable bonds is 5. The number of benzene rings is 1. The zero-order chi connectivity index (χ0) is 14.4. The number of ether oxygens (including phenoxy) is 1. The van der Waals surface area contributed by atoms with Crippen molar-refractivity contribution in [2.45, 2.75) is 32.8 Å². The summed E-state index contributed by atoms with van der Waals surface area (Å²) in [6.07, 6.45) is 1.83. The maximum atomic E-state index is 12.0. The van der Waals surface area contributed by atoms with Gasteiger partial charge in [-0.05, 0) is 57.5 Å². The van der Waals surface area contributed by atoms with E-state index in [-0.39, 0.29) is 30.3 Å². The summed E-state index contributed by atoms with van der Waals surface area (Å²) in [6.45, 7) is 6.44. The van der Waals surface area contributed by atoms with Gasteiger partial charge in [0.25, 0.3) is 0 Å². The first-order valence-corrected chi connectivity index (χ1v) is 7.37. The molecule has 1 aliphatic rings. The average molecular weight is 313 g/mol. The average Bonchev–Trinajstić information content (AvgIpc) is 2.46. The number of hydrogen-bond acceptors (Lipinski definition) is 3. The zero-order valence-corrected chi connectivity index (χ0v) is 13.5. The first-order valence-electron chi connectivity index (χ1n) is 7.37. The van der Waals surface area contributed by atoms with Crippen LogP contribution < -0.4 is 15.4 Å². The number of halogens is 1. The summed E-state index contributed by atoms with van der Waals surface area (Å²) in [5, 5.41) is 6.26. The molecule has 1 aliphatic heterocycles. The molecule has 2 N–H and O–H groups in total. The molecule has 0 spiro atoms. The van der Waals surface area contributed by atoms with E-state index < -0.39 is 0 Å². The van der Waals surface area contributed by atoms with Crippen molar-refractivity contribution in [2.75, 3.05) is 19.6 Å². The van der Waals surface area contributed by atoms with Gasteiger partial charge < -0.3 is 15.4 Å². The Bertz CT molecular complexity index is 448. The zero-order valence-electron chi connectivity index (χ0n) is 12.7. The van der Waals surface area contributed by atoms with E-state index in [1.165, 1.54) is 5.56 Å². The first kappa shape index (κ1) is 17.8. The van der Waals surface area contributed by atoms with Crippen molar-refractivity contribution >= 4 is 18.3 Å². The molecule has 0 aliphatic carbocycles. The molecule has 1 saturated heterocycles. The minimum atomic E-state index is -0.0255. The SMILES string of the molecule is Cc1cccc(OC(C)CNC(=O)C2CCNCC2)c1.Cl. The van der Waals surface area contributed by atoms with Gasteiger partial charge in [-0.2, -0.15) is 0 Å². The van der Waals surface area contributed by atoms with Crippen LogP contribution >= 0.6 is 12.4 Å². The smallest absolute Gasteiger partial charge is 0.223 e. The van der Waals surface area contributed by atoms with Gasteiger partial charge in [-0.25, -0.2) is 0 Å². The van der Waals surface area contributed by atoms with Crippen LogP contribution in [0, 0.1) is 12.8 Å². The van der Waals surface area contributed by atoms with Crippen LogP contribution in [0.25, 0.3) is 0 Å². The Morgan fingerprint density at radius 1 is 1.43 bits per heavy atom. The quantitative estimate of drug-likeness (QED) is 0.877. The molecule has 4 nitrogen and oxygen atoms in total. The van der Waals surface area contributed by atoms with E-state index in [9.17, 15) is 4.79 Å². The molecule has 0 radical (unpaired) electrons. The van der Waals surface area contributed by atoms with E-state index >= 15 is 0 Å². The summed E-state index contributed by atoms with van der Waals surface area (Å²) in [4.78, 5) is 12.0. The number of carbonyl (C=O) groups is 1. The van der Waals surface area contributed by atoms with Crippen LogP contribution in [-0.2, 0) is 4.79 Å². The number of nitrogens with one attached hydrogen (secondary N) is 2. The van der Waals surface area contributed by atoms with Crippen LogP contribution in [-0.4, -0.2) is 31.6 Å². The molecule has 1 atom stereocenters. The molecule has 0 aromatic heterocycles. The van der Waals surface area contributed by atoms with E-state index in [0.29, 0.717) is 6.54 Å². The van der Waals surface area contributed by atoms with Gasteiger partial charge in [0.05, 0.1) is 6.54 Å². The molecule has 5 heteroatoms. The lowest BCUT2D eigenvalue weighted by molar-refractivity contribution is -0.126. The third-order valence-electron chi connectivity index (χ3n) is 3.60. The Hall–Kier alpha value is -1.26. The van der Waals surface area contributed by atoms with Crippen molar-refractivity contribution in [1.29, 1.82) is 0 Å². The van der Waals surface area contributed by atoms with Gasteiger partial charge in [0.15, 0.2) is 0 Å². The Labute approximate surface area is 133 Å². The summed E-state index contributed by atoms with van der Waals surface area (Å²) < 4.78 is 5.81. The van der Waals surface area contributed by atoms with Crippen LogP contribution in [0.15, 0.2) is 24.3 Å². The lowest BCUT2D eigenvalue weighted by atomic mass is 9.97. The summed E-state index contributed by atoms with van der Waals surface area (Å²) >= 11 is 0. The Balaban J connectivity index is 0.00000220. The Morgan fingerprint density at radius 3 is 2.81 bits per heavy atom. The Morgan fingerprint density at radius 2 is 2.14 bits per heavy atom. The standard InChI is InChI=1S/C16H24N2O2.ClH/c1-12-4-3-5-15(10-12)20-13(2)11-18-16(19)14-6-8-17-9-7-14;/h3-5,10,13-14,17H,6-9,11H2,1-2H3,(H,18,19);1H. The minimum Gasteiger partial charge on any atom is -0.489 e. The molecule has 1 heterocycles. The Kier molecular flexibility index (Phi) is 7.54. The molecule has 0 saturated carbocycles. The highest BCUT2D eigenvalue weighted by Crippen LogP contribution is 2.14. The van der Waals surface area contributed by atoms with Crippen LogP contribution in [0.3, 0.4) is 0 Å². The molecule has 1 unspecified atom stereocenters. The molecule has 0 bridgehead atoms. The van der Waals surface area contributed by atoms with Crippen LogP contribution in [0.4, 0.5) is 0 Å². The van der Waals surface area contributed by atoms with Crippen LogP contribution in [0.2, 0.25) is 0 Å². The highest BCUT2D eigenvalue weighted by Gasteiger charge is 2.21. The molecule has 118 valence electrons. The van der Waals surface area contributed by atoms with Crippen molar-refractivity contribution in [1.82, 2.24) is 10.6 Å². The molecular weight excluding hydrogens is 288 g/mol. The highest BCUT2D eigenvalue weighted by atomic mass is 35.5. The fraction of sp³-hybridized carbons (Fsp3) is 0.562. The van der Waals surface area contributed by atoms with E-state index in [2.05, 4.69) is 10.6 Å². The number of aryl methyl sites for hydroxylation is 1. The second-order valence-electron chi connectivity index (χ2n) is 5.51. The summed E-state index contributed by atoms with van der Waals surface area (Å²) in [6, 6.07) is 7.96. The minimum absolute atomic E-state index is 0. The predicted octanol–water partition coefficient (Wildman–Crippen LogP) is 2.30. The van der Waals surface area contributed by atoms with Gasteiger partial charge in [0.1, 0.15) is 11.9 Å². The molecule has 1 fully saturated rings. The maximum Gasteiger partial charge on any atom is 0.223 e. The second-order valence-corrected chi connectivity index (χ2v) is 5.51. The van der Waals surface area contributed by atoms with Gasteiger partial charge in [-0.1, -0.05) is 12.1 Å². The molecule has 1 aromatic rings. The lowest BCUT2D eigenvalue weighted by Crippen LogP contribution is -2.41. The molecule has 21 heavy (non-hydrogen) atoms. The molecular formula is C16H25ClN2O2. The number of hydrogen-bond donors (Lipinski definition) is 2. The maximum absolute atomic E-state index is 12.0. The third kappa shape index (κ3) is 5.94. The fourth-order valence-electron chi connectivity index (χ4n) is 2.44. The van der Waals surface area contributed by atoms with Gasteiger partial charge in [0, 0.05) is 5.92 Å². The monoisotopic (exact) mass is 312 g/mol. The highest BCUT2D eigenvalue weighted by molar-refractivity contribution is 5.85. The van der Waals surface area contributed by atoms with Gasteiger partial charge in [-0.3, -0.25) is 4.79 Å². The lowest BCUT2D eigenvalue weighted by Gasteiger charge is -2.23. The van der Waals surface area contributed by atoms with E-state index in [1.54, 1.807) is 0 Å². The van der Waals surface area contributed by atoms with Gasteiger partial charge in [-0.15, -0.1) is 12.4 Å². The van der Waals surface area contributed by atoms with Crippen molar-refractivity contribution in [3.8, 4) is 5.75 Å². The number of piperidine rings is 1. The van der Waals surface area contributed by atoms with Crippen molar-refractivity contribution in [3.63, 3.8) is 0 Å². The van der Waals surface area contributed by atoms with Crippen molar-refractivity contribution in [3.05, 3.63) is 29.8 Å². The van der Waals surface area contributed by atoms with E-state index in [1.807, 2.05) is 38.1 Å². The van der Waals surface area contributed by atoms with Crippen molar-refractivity contribution in [2.24, 2.45) is 5.92 Å². The summed E-state index contributed by atoms with van der Waals surface area (Å²) in [5.41, 5.74) is 1.17.